The lowest BCUT2D eigenvalue weighted by Crippen LogP contribution is -2.31. The molecule has 0 unspecified atom stereocenters. The quantitative estimate of drug-likeness (QED) is 0.919. The largest absolute Gasteiger partial charge is 0.478 e. The van der Waals surface area contributed by atoms with Gasteiger partial charge in [0.15, 0.2) is 5.76 Å². The standard InChI is InChI=1S/C16H13NO4/c18-14(13-7-10(8-21-13)15(19)20)17-9-16(5-6-16)11-3-1-2-4-12(11)17/h1-4,7-8H,5-6,9H2,(H,19,20). The van der Waals surface area contributed by atoms with Crippen LogP contribution in [0.2, 0.25) is 0 Å². The Bertz CT molecular complexity index is 757. The first kappa shape index (κ1) is 12.2. The van der Waals surface area contributed by atoms with Crippen molar-refractivity contribution in [3.8, 4) is 0 Å². The number of carboxylic acids is 1. The molecule has 0 bridgehead atoms. The van der Waals surface area contributed by atoms with E-state index in [9.17, 15) is 9.59 Å². The highest BCUT2D eigenvalue weighted by Crippen LogP contribution is 2.56. The molecule has 0 radical (unpaired) electrons. The van der Waals surface area contributed by atoms with Crippen molar-refractivity contribution in [2.45, 2.75) is 18.3 Å². The number of amides is 1. The molecule has 1 aromatic heterocycles. The Labute approximate surface area is 120 Å². The normalized spacial score (nSPS) is 17.8. The van der Waals surface area contributed by atoms with Gasteiger partial charge in [-0.25, -0.2) is 4.79 Å². The SMILES string of the molecule is O=C(O)c1coc(C(=O)N2CC3(CC3)c3ccccc32)c1. The molecule has 2 aliphatic rings. The van der Waals surface area contributed by atoms with Crippen molar-refractivity contribution in [3.63, 3.8) is 0 Å². The van der Waals surface area contributed by atoms with Crippen molar-refractivity contribution >= 4 is 17.6 Å². The third kappa shape index (κ3) is 1.70. The molecule has 106 valence electrons. The maximum Gasteiger partial charge on any atom is 0.338 e. The van der Waals surface area contributed by atoms with Crippen molar-refractivity contribution in [2.75, 3.05) is 11.4 Å². The van der Waals surface area contributed by atoms with Gasteiger partial charge in [-0.15, -0.1) is 0 Å². The second-order valence-corrected chi connectivity index (χ2v) is 5.69. The molecule has 1 aromatic carbocycles. The molecule has 1 fully saturated rings. The first-order valence-electron chi connectivity index (χ1n) is 6.84. The lowest BCUT2D eigenvalue weighted by atomic mass is 9.99. The Morgan fingerprint density at radius 2 is 2.00 bits per heavy atom. The van der Waals surface area contributed by atoms with Gasteiger partial charge in [0.25, 0.3) is 5.91 Å². The number of aromatic carboxylic acids is 1. The van der Waals surface area contributed by atoms with Crippen molar-refractivity contribution in [3.05, 3.63) is 53.5 Å². The fourth-order valence-electron chi connectivity index (χ4n) is 3.08. The molecule has 1 aliphatic heterocycles. The van der Waals surface area contributed by atoms with Crippen LogP contribution in [-0.2, 0) is 5.41 Å². The topological polar surface area (TPSA) is 70.7 Å². The average Bonchev–Trinajstić information content (AvgIpc) is 2.97. The second kappa shape index (κ2) is 3.97. The van der Waals surface area contributed by atoms with E-state index in [0.29, 0.717) is 6.54 Å². The zero-order valence-electron chi connectivity index (χ0n) is 11.2. The van der Waals surface area contributed by atoms with Gasteiger partial charge in [0, 0.05) is 23.7 Å². The van der Waals surface area contributed by atoms with E-state index < -0.39 is 5.97 Å². The highest BCUT2D eigenvalue weighted by Gasteiger charge is 2.53. The van der Waals surface area contributed by atoms with Gasteiger partial charge in [0.1, 0.15) is 6.26 Å². The molecule has 21 heavy (non-hydrogen) atoms. The smallest absolute Gasteiger partial charge is 0.338 e. The van der Waals surface area contributed by atoms with E-state index in [0.717, 1.165) is 24.8 Å². The summed E-state index contributed by atoms with van der Waals surface area (Å²) in [5, 5.41) is 8.91. The molecule has 0 atom stereocenters. The van der Waals surface area contributed by atoms with Crippen LogP contribution in [0.1, 0.15) is 39.3 Å². The number of rotatable bonds is 2. The molecule has 1 amide bonds. The zero-order chi connectivity index (χ0) is 14.6. The summed E-state index contributed by atoms with van der Waals surface area (Å²) in [6.45, 7) is 0.647. The minimum absolute atomic E-state index is 0.00744. The maximum absolute atomic E-state index is 12.6. The number of fused-ring (bicyclic) bond motifs is 2. The Morgan fingerprint density at radius 3 is 2.67 bits per heavy atom. The molecule has 1 N–H and O–H groups in total. The summed E-state index contributed by atoms with van der Waals surface area (Å²) in [6.07, 6.45) is 3.28. The molecule has 2 aromatic rings. The Kier molecular flexibility index (Phi) is 2.31. The summed E-state index contributed by atoms with van der Waals surface area (Å²) in [6, 6.07) is 9.18. The van der Waals surface area contributed by atoms with Crippen LogP contribution in [0.5, 0.6) is 0 Å². The number of furan rings is 1. The summed E-state index contributed by atoms with van der Waals surface area (Å²) in [5.74, 6) is -1.31. The molecule has 2 heterocycles. The summed E-state index contributed by atoms with van der Waals surface area (Å²) in [7, 11) is 0. The highest BCUT2D eigenvalue weighted by molar-refractivity contribution is 6.07. The molecule has 1 saturated carbocycles. The average molecular weight is 283 g/mol. The minimum atomic E-state index is -1.10. The van der Waals surface area contributed by atoms with Gasteiger partial charge >= 0.3 is 5.97 Å². The van der Waals surface area contributed by atoms with E-state index >= 15 is 0 Å². The van der Waals surface area contributed by atoms with Gasteiger partial charge in [0.05, 0.1) is 5.56 Å². The predicted octanol–water partition coefficient (Wildman–Crippen LogP) is 2.67. The number of nitrogens with zero attached hydrogens (tertiary/aromatic N) is 1. The van der Waals surface area contributed by atoms with Gasteiger partial charge in [0.2, 0.25) is 0 Å². The first-order chi connectivity index (χ1) is 10.1. The van der Waals surface area contributed by atoms with Crippen molar-refractivity contribution in [1.29, 1.82) is 0 Å². The molecular formula is C16H13NO4. The van der Waals surface area contributed by atoms with Crippen LogP contribution in [0.4, 0.5) is 5.69 Å². The van der Waals surface area contributed by atoms with Crippen molar-refractivity contribution < 1.29 is 19.1 Å². The van der Waals surface area contributed by atoms with Crippen LogP contribution in [0, 0.1) is 0 Å². The summed E-state index contributed by atoms with van der Waals surface area (Å²) >= 11 is 0. The fourth-order valence-corrected chi connectivity index (χ4v) is 3.08. The van der Waals surface area contributed by atoms with E-state index in [1.807, 2.05) is 18.2 Å². The van der Waals surface area contributed by atoms with Crippen LogP contribution in [0.25, 0.3) is 0 Å². The van der Waals surface area contributed by atoms with Crippen LogP contribution >= 0.6 is 0 Å². The molecule has 5 heteroatoms. The molecule has 5 nitrogen and oxygen atoms in total. The lowest BCUT2D eigenvalue weighted by molar-refractivity contribution is 0.0696. The first-order valence-corrected chi connectivity index (χ1v) is 6.84. The number of carbonyl (C=O) groups is 2. The van der Waals surface area contributed by atoms with E-state index in [4.69, 9.17) is 9.52 Å². The summed E-state index contributed by atoms with van der Waals surface area (Å²) in [5.41, 5.74) is 2.22. The summed E-state index contributed by atoms with van der Waals surface area (Å²) < 4.78 is 5.13. The predicted molar refractivity (Wildman–Crippen MR) is 74.7 cm³/mol. The monoisotopic (exact) mass is 283 g/mol. The zero-order valence-corrected chi connectivity index (χ0v) is 11.2. The number of benzene rings is 1. The van der Waals surface area contributed by atoms with Gasteiger partial charge in [-0.2, -0.15) is 0 Å². The van der Waals surface area contributed by atoms with Crippen LogP contribution in [-0.4, -0.2) is 23.5 Å². The number of carboxylic acid groups (broad SMARTS) is 1. The molecule has 4 rings (SSSR count). The Hall–Kier alpha value is -2.56. The van der Waals surface area contributed by atoms with E-state index in [-0.39, 0.29) is 22.6 Å². The summed E-state index contributed by atoms with van der Waals surface area (Å²) in [4.78, 5) is 25.2. The Morgan fingerprint density at radius 1 is 1.24 bits per heavy atom. The van der Waals surface area contributed by atoms with Crippen LogP contribution in [0.3, 0.4) is 0 Å². The van der Waals surface area contributed by atoms with Gasteiger partial charge in [-0.1, -0.05) is 18.2 Å². The van der Waals surface area contributed by atoms with Gasteiger partial charge < -0.3 is 14.4 Å². The van der Waals surface area contributed by atoms with Crippen LogP contribution < -0.4 is 4.90 Å². The molecule has 1 aliphatic carbocycles. The molecule has 1 spiro atoms. The third-order valence-electron chi connectivity index (χ3n) is 4.38. The molecular weight excluding hydrogens is 270 g/mol. The van der Waals surface area contributed by atoms with Gasteiger partial charge in [-0.05, 0) is 24.5 Å². The fraction of sp³-hybridized carbons (Fsp3) is 0.250. The highest BCUT2D eigenvalue weighted by atomic mass is 16.4. The second-order valence-electron chi connectivity index (χ2n) is 5.69. The lowest BCUT2D eigenvalue weighted by Gasteiger charge is -2.16. The number of carbonyl (C=O) groups excluding carboxylic acids is 1. The Balaban J connectivity index is 1.71. The van der Waals surface area contributed by atoms with E-state index in [2.05, 4.69) is 6.07 Å². The van der Waals surface area contributed by atoms with E-state index in [1.165, 1.54) is 11.6 Å². The van der Waals surface area contributed by atoms with Gasteiger partial charge in [-0.3, -0.25) is 4.79 Å². The number of hydrogen-bond donors (Lipinski definition) is 1. The van der Waals surface area contributed by atoms with E-state index in [1.54, 1.807) is 4.90 Å². The third-order valence-corrected chi connectivity index (χ3v) is 4.38. The number of anilines is 1. The van der Waals surface area contributed by atoms with Crippen LogP contribution in [0.15, 0.2) is 41.0 Å². The molecule has 0 saturated heterocycles. The maximum atomic E-state index is 12.6. The number of hydrogen-bond acceptors (Lipinski definition) is 3. The van der Waals surface area contributed by atoms with Crippen molar-refractivity contribution in [1.82, 2.24) is 0 Å². The van der Waals surface area contributed by atoms with Crippen molar-refractivity contribution in [2.24, 2.45) is 0 Å². The minimum Gasteiger partial charge on any atom is -0.478 e. The number of para-hydroxylation sites is 1.